The van der Waals surface area contributed by atoms with Crippen LogP contribution in [0.1, 0.15) is 25.7 Å². The van der Waals surface area contributed by atoms with Crippen LogP contribution in [0.25, 0.3) is 11.4 Å². The van der Waals surface area contributed by atoms with Crippen molar-refractivity contribution in [2.45, 2.75) is 31.7 Å². The van der Waals surface area contributed by atoms with Crippen LogP contribution in [0.5, 0.6) is 0 Å². The fourth-order valence-electron chi connectivity index (χ4n) is 3.77. The molecule has 1 aromatic carbocycles. The molecule has 22 heavy (non-hydrogen) atoms. The highest BCUT2D eigenvalue weighted by molar-refractivity contribution is 5.60. The molecule has 0 atom stereocenters. The Bertz CT molecular complexity index is 578. The second kappa shape index (κ2) is 6.08. The van der Waals surface area contributed by atoms with Crippen LogP contribution in [-0.4, -0.2) is 52.3 Å². The minimum atomic E-state index is 0.812. The van der Waals surface area contributed by atoms with Crippen molar-refractivity contribution in [2.75, 3.05) is 31.1 Å². The zero-order chi connectivity index (χ0) is 14.8. The fourth-order valence-corrected chi connectivity index (χ4v) is 3.77. The number of nitrogens with one attached hydrogen (secondary N) is 1. The zero-order valence-electron chi connectivity index (χ0n) is 12.9. The predicted octanol–water partition coefficient (Wildman–Crippen LogP) is 2.54. The van der Waals surface area contributed by atoms with Crippen LogP contribution in [0, 0.1) is 0 Å². The summed E-state index contributed by atoms with van der Waals surface area (Å²) in [5.74, 6) is 0.833. The van der Waals surface area contributed by atoms with E-state index in [9.17, 15) is 0 Å². The van der Waals surface area contributed by atoms with Crippen molar-refractivity contribution in [2.24, 2.45) is 0 Å². The molecule has 0 bridgehead atoms. The Labute approximate surface area is 131 Å². The summed E-state index contributed by atoms with van der Waals surface area (Å²) in [7, 11) is 0. The molecule has 1 aromatic heterocycles. The molecule has 5 nitrogen and oxygen atoms in total. The van der Waals surface area contributed by atoms with E-state index in [4.69, 9.17) is 0 Å². The number of piperidine rings is 1. The average molecular weight is 297 g/mol. The highest BCUT2D eigenvalue weighted by Gasteiger charge is 2.26. The molecule has 0 aliphatic carbocycles. The van der Waals surface area contributed by atoms with Crippen molar-refractivity contribution < 1.29 is 0 Å². The molecule has 2 saturated heterocycles. The summed E-state index contributed by atoms with van der Waals surface area (Å²) in [4.78, 5) is 9.41. The van der Waals surface area contributed by atoms with E-state index < -0.39 is 0 Å². The molecule has 0 radical (unpaired) electrons. The quantitative estimate of drug-likeness (QED) is 0.946. The van der Waals surface area contributed by atoms with Gasteiger partial charge in [0.2, 0.25) is 0 Å². The van der Waals surface area contributed by atoms with E-state index in [0.29, 0.717) is 0 Å². The van der Waals surface area contributed by atoms with Crippen LogP contribution in [-0.2, 0) is 0 Å². The summed E-state index contributed by atoms with van der Waals surface area (Å²) in [6.45, 7) is 4.97. The second-order valence-electron chi connectivity index (χ2n) is 6.34. The van der Waals surface area contributed by atoms with Crippen LogP contribution < -0.4 is 4.90 Å². The number of benzene rings is 1. The third-order valence-electron chi connectivity index (χ3n) is 5.04. The number of rotatable bonds is 3. The fraction of sp³-hybridized carbons (Fsp3) is 0.529. The van der Waals surface area contributed by atoms with Crippen molar-refractivity contribution in [1.82, 2.24) is 20.1 Å². The minimum Gasteiger partial charge on any atom is -0.371 e. The summed E-state index contributed by atoms with van der Waals surface area (Å²) < 4.78 is 0. The van der Waals surface area contributed by atoms with Gasteiger partial charge in [0.15, 0.2) is 5.82 Å². The van der Waals surface area contributed by atoms with Crippen LogP contribution in [0.15, 0.2) is 30.6 Å². The van der Waals surface area contributed by atoms with Gasteiger partial charge in [0.1, 0.15) is 6.33 Å². The third-order valence-corrected chi connectivity index (χ3v) is 5.04. The first kappa shape index (κ1) is 13.8. The molecule has 2 fully saturated rings. The monoisotopic (exact) mass is 297 g/mol. The molecule has 2 aliphatic heterocycles. The van der Waals surface area contributed by atoms with Crippen molar-refractivity contribution >= 4 is 5.69 Å². The molecule has 0 saturated carbocycles. The van der Waals surface area contributed by atoms with E-state index in [1.165, 1.54) is 57.5 Å². The van der Waals surface area contributed by atoms with Gasteiger partial charge in [-0.3, -0.25) is 5.10 Å². The number of aromatic nitrogens is 3. The summed E-state index contributed by atoms with van der Waals surface area (Å²) >= 11 is 0. The standard InChI is InChI=1S/C17H23N5/c1-2-10-21(9-1)16-7-11-22(12-8-16)15-5-3-14(4-6-15)17-18-13-19-20-17/h3-6,13,16H,1-2,7-12H2,(H,18,19,20). The molecular weight excluding hydrogens is 274 g/mol. The number of nitrogens with zero attached hydrogens (tertiary/aromatic N) is 4. The number of H-pyrrole nitrogens is 1. The lowest BCUT2D eigenvalue weighted by Crippen LogP contribution is -2.43. The number of hydrogen-bond donors (Lipinski definition) is 1. The normalized spacial score (nSPS) is 20.6. The van der Waals surface area contributed by atoms with E-state index in [1.54, 1.807) is 6.33 Å². The second-order valence-corrected chi connectivity index (χ2v) is 6.34. The molecular formula is C17H23N5. The van der Waals surface area contributed by atoms with Gasteiger partial charge in [-0.1, -0.05) is 0 Å². The Morgan fingerprint density at radius 3 is 2.32 bits per heavy atom. The lowest BCUT2D eigenvalue weighted by atomic mass is 10.0. The topological polar surface area (TPSA) is 48.1 Å². The Balaban J connectivity index is 1.39. The number of aromatic amines is 1. The summed E-state index contributed by atoms with van der Waals surface area (Å²) in [6.07, 6.45) is 6.92. The maximum absolute atomic E-state index is 4.20. The zero-order valence-corrected chi connectivity index (χ0v) is 12.9. The molecule has 5 heteroatoms. The van der Waals surface area contributed by atoms with Crippen molar-refractivity contribution in [1.29, 1.82) is 0 Å². The van der Waals surface area contributed by atoms with Gasteiger partial charge in [0, 0.05) is 30.4 Å². The Hall–Kier alpha value is -1.88. The van der Waals surface area contributed by atoms with Gasteiger partial charge >= 0.3 is 0 Å². The molecule has 116 valence electrons. The van der Waals surface area contributed by atoms with E-state index in [-0.39, 0.29) is 0 Å². The Morgan fingerprint density at radius 2 is 1.68 bits per heavy atom. The van der Waals surface area contributed by atoms with Gasteiger partial charge in [-0.05, 0) is 63.0 Å². The average Bonchev–Trinajstić information content (AvgIpc) is 3.29. The van der Waals surface area contributed by atoms with E-state index in [0.717, 1.165) is 17.4 Å². The van der Waals surface area contributed by atoms with Crippen LogP contribution >= 0.6 is 0 Å². The molecule has 0 spiro atoms. The number of likely N-dealkylation sites (tertiary alicyclic amines) is 1. The minimum absolute atomic E-state index is 0.812. The molecule has 0 amide bonds. The molecule has 2 aromatic rings. The van der Waals surface area contributed by atoms with E-state index in [2.05, 4.69) is 49.2 Å². The molecule has 3 heterocycles. The first-order valence-electron chi connectivity index (χ1n) is 8.35. The highest BCUT2D eigenvalue weighted by Crippen LogP contribution is 2.26. The molecule has 4 rings (SSSR count). The van der Waals surface area contributed by atoms with Gasteiger partial charge < -0.3 is 9.80 Å². The van der Waals surface area contributed by atoms with Gasteiger partial charge in [0.05, 0.1) is 0 Å². The van der Waals surface area contributed by atoms with E-state index >= 15 is 0 Å². The van der Waals surface area contributed by atoms with E-state index in [1.807, 2.05) is 0 Å². The van der Waals surface area contributed by atoms with Crippen LogP contribution in [0.4, 0.5) is 5.69 Å². The lowest BCUT2D eigenvalue weighted by Gasteiger charge is -2.37. The largest absolute Gasteiger partial charge is 0.371 e. The first-order valence-corrected chi connectivity index (χ1v) is 8.35. The van der Waals surface area contributed by atoms with Gasteiger partial charge in [0.25, 0.3) is 0 Å². The third kappa shape index (κ3) is 2.73. The Kier molecular flexibility index (Phi) is 3.81. The SMILES string of the molecule is c1n[nH]c(-c2ccc(N3CCC(N4CCCC4)CC3)cc2)n1. The van der Waals surface area contributed by atoms with Crippen LogP contribution in [0.2, 0.25) is 0 Å². The maximum Gasteiger partial charge on any atom is 0.155 e. The summed E-state index contributed by atoms with van der Waals surface area (Å²) in [6, 6.07) is 9.47. The van der Waals surface area contributed by atoms with Crippen LogP contribution in [0.3, 0.4) is 0 Å². The number of hydrogen-bond acceptors (Lipinski definition) is 4. The van der Waals surface area contributed by atoms with Gasteiger partial charge in [-0.15, -0.1) is 0 Å². The van der Waals surface area contributed by atoms with Gasteiger partial charge in [-0.25, -0.2) is 4.98 Å². The molecule has 1 N–H and O–H groups in total. The summed E-state index contributed by atoms with van der Waals surface area (Å²) in [5, 5.41) is 6.81. The summed E-state index contributed by atoms with van der Waals surface area (Å²) in [5.41, 5.74) is 2.41. The Morgan fingerprint density at radius 1 is 0.955 bits per heavy atom. The molecule has 2 aliphatic rings. The van der Waals surface area contributed by atoms with Gasteiger partial charge in [-0.2, -0.15) is 5.10 Å². The number of anilines is 1. The first-order chi connectivity index (χ1) is 10.9. The van der Waals surface area contributed by atoms with Crippen molar-refractivity contribution in [3.05, 3.63) is 30.6 Å². The smallest absolute Gasteiger partial charge is 0.155 e. The highest BCUT2D eigenvalue weighted by atomic mass is 15.2. The van der Waals surface area contributed by atoms with Crippen molar-refractivity contribution in [3.8, 4) is 11.4 Å². The molecule has 0 unspecified atom stereocenters. The van der Waals surface area contributed by atoms with Crippen molar-refractivity contribution in [3.63, 3.8) is 0 Å². The maximum atomic E-state index is 4.20. The lowest BCUT2D eigenvalue weighted by molar-refractivity contribution is 0.208. The predicted molar refractivity (Wildman–Crippen MR) is 87.9 cm³/mol.